The summed E-state index contributed by atoms with van der Waals surface area (Å²) in [5, 5.41) is 3.17. The Hall–Kier alpha value is -1.35. The van der Waals surface area contributed by atoms with Gasteiger partial charge in [-0.3, -0.25) is 4.79 Å². The Morgan fingerprint density at radius 1 is 1.39 bits per heavy atom. The van der Waals surface area contributed by atoms with Crippen LogP contribution in [0.2, 0.25) is 0 Å². The summed E-state index contributed by atoms with van der Waals surface area (Å²) in [4.78, 5) is 11.8. The van der Waals surface area contributed by atoms with Crippen LogP contribution < -0.4 is 5.32 Å². The lowest BCUT2D eigenvalue weighted by molar-refractivity contribution is -0.157. The van der Waals surface area contributed by atoms with Gasteiger partial charge in [0.1, 0.15) is 11.6 Å². The summed E-state index contributed by atoms with van der Waals surface area (Å²) in [6.45, 7) is 10.2. The number of benzene rings is 1. The summed E-state index contributed by atoms with van der Waals surface area (Å²) in [6, 6.07) is 7.92. The molecule has 0 heterocycles. The van der Waals surface area contributed by atoms with Crippen molar-refractivity contribution in [3.05, 3.63) is 35.4 Å². The number of carbonyl (C=O) groups is 1. The summed E-state index contributed by atoms with van der Waals surface area (Å²) in [5.74, 6) is -0.213. The first-order chi connectivity index (χ1) is 8.28. The zero-order chi connectivity index (χ0) is 13.8. The topological polar surface area (TPSA) is 38.3 Å². The molecule has 0 saturated carbocycles. The molecule has 0 spiro atoms. The molecule has 1 unspecified atom stereocenters. The highest BCUT2D eigenvalue weighted by atomic mass is 16.6. The zero-order valence-corrected chi connectivity index (χ0v) is 11.9. The third-order valence-electron chi connectivity index (χ3n) is 2.46. The molecule has 1 atom stereocenters. The molecule has 3 heteroatoms. The van der Waals surface area contributed by atoms with Crippen LogP contribution in [0.5, 0.6) is 0 Å². The summed E-state index contributed by atoms with van der Waals surface area (Å²) >= 11 is 0. The number of ether oxygens (including phenoxy) is 1. The molecule has 0 fully saturated rings. The third-order valence-corrected chi connectivity index (χ3v) is 2.46. The molecule has 3 nitrogen and oxygen atoms in total. The monoisotopic (exact) mass is 249 g/mol. The van der Waals surface area contributed by atoms with Gasteiger partial charge in [0.15, 0.2) is 0 Å². The fourth-order valence-electron chi connectivity index (χ4n) is 1.57. The first-order valence-electron chi connectivity index (χ1n) is 6.30. The molecule has 1 aromatic carbocycles. The molecule has 0 saturated heterocycles. The Balaban J connectivity index is 2.46. The van der Waals surface area contributed by atoms with Crippen molar-refractivity contribution < 1.29 is 9.53 Å². The average molecular weight is 249 g/mol. The second-order valence-corrected chi connectivity index (χ2v) is 5.63. The van der Waals surface area contributed by atoms with Gasteiger partial charge in [0, 0.05) is 6.54 Å². The van der Waals surface area contributed by atoms with Gasteiger partial charge in [0.25, 0.3) is 0 Å². The van der Waals surface area contributed by atoms with Crippen LogP contribution >= 0.6 is 0 Å². The standard InChI is InChI=1S/C15H23NO2/c1-11-7-6-8-13(9-11)10-16-12(2)14(17)18-15(3,4)5/h6-9,12,16H,10H2,1-5H3. The van der Waals surface area contributed by atoms with Crippen LogP contribution in [0.15, 0.2) is 24.3 Å². The molecule has 1 N–H and O–H groups in total. The van der Waals surface area contributed by atoms with E-state index in [-0.39, 0.29) is 12.0 Å². The first-order valence-corrected chi connectivity index (χ1v) is 6.30. The van der Waals surface area contributed by atoms with E-state index in [4.69, 9.17) is 4.74 Å². The van der Waals surface area contributed by atoms with Crippen LogP contribution in [-0.4, -0.2) is 17.6 Å². The average Bonchev–Trinajstić information content (AvgIpc) is 2.23. The van der Waals surface area contributed by atoms with Crippen molar-refractivity contribution in [2.45, 2.75) is 52.8 Å². The van der Waals surface area contributed by atoms with Crippen LogP contribution in [0.1, 0.15) is 38.8 Å². The number of aryl methyl sites for hydroxylation is 1. The first kappa shape index (κ1) is 14.7. The van der Waals surface area contributed by atoms with Gasteiger partial charge in [0.2, 0.25) is 0 Å². The number of esters is 1. The van der Waals surface area contributed by atoms with E-state index in [2.05, 4.69) is 24.4 Å². The van der Waals surface area contributed by atoms with E-state index in [1.165, 1.54) is 11.1 Å². The highest BCUT2D eigenvalue weighted by molar-refractivity contribution is 5.75. The Morgan fingerprint density at radius 2 is 2.06 bits per heavy atom. The lowest BCUT2D eigenvalue weighted by Crippen LogP contribution is -2.38. The molecule has 0 aliphatic carbocycles. The maximum Gasteiger partial charge on any atom is 0.323 e. The maximum atomic E-state index is 11.8. The van der Waals surface area contributed by atoms with Crippen LogP contribution in [0, 0.1) is 6.92 Å². The van der Waals surface area contributed by atoms with Gasteiger partial charge in [-0.15, -0.1) is 0 Å². The van der Waals surface area contributed by atoms with E-state index in [0.29, 0.717) is 6.54 Å². The highest BCUT2D eigenvalue weighted by Gasteiger charge is 2.21. The van der Waals surface area contributed by atoms with Crippen molar-refractivity contribution in [2.24, 2.45) is 0 Å². The Labute approximate surface area is 110 Å². The van der Waals surface area contributed by atoms with Crippen molar-refractivity contribution in [3.63, 3.8) is 0 Å². The van der Waals surface area contributed by atoms with Crippen molar-refractivity contribution >= 4 is 5.97 Å². The fraction of sp³-hybridized carbons (Fsp3) is 0.533. The van der Waals surface area contributed by atoms with Gasteiger partial charge < -0.3 is 10.1 Å². The number of nitrogens with one attached hydrogen (secondary N) is 1. The lowest BCUT2D eigenvalue weighted by Gasteiger charge is -2.22. The van der Waals surface area contributed by atoms with Crippen LogP contribution in [0.3, 0.4) is 0 Å². The molecule has 0 radical (unpaired) electrons. The minimum absolute atomic E-state index is 0.213. The largest absolute Gasteiger partial charge is 0.459 e. The molecule has 1 rings (SSSR count). The minimum Gasteiger partial charge on any atom is -0.459 e. The summed E-state index contributed by atoms with van der Waals surface area (Å²) in [5.41, 5.74) is 1.96. The number of rotatable bonds is 4. The molecule has 0 amide bonds. The van der Waals surface area contributed by atoms with E-state index < -0.39 is 5.60 Å². The van der Waals surface area contributed by atoms with Crippen molar-refractivity contribution in [2.75, 3.05) is 0 Å². The van der Waals surface area contributed by atoms with E-state index >= 15 is 0 Å². The lowest BCUT2D eigenvalue weighted by atomic mass is 10.1. The smallest absolute Gasteiger partial charge is 0.323 e. The molecular weight excluding hydrogens is 226 g/mol. The van der Waals surface area contributed by atoms with Gasteiger partial charge in [-0.1, -0.05) is 29.8 Å². The van der Waals surface area contributed by atoms with E-state index in [0.717, 1.165) is 0 Å². The predicted molar refractivity (Wildman–Crippen MR) is 73.3 cm³/mol. The summed E-state index contributed by atoms with van der Waals surface area (Å²) in [7, 11) is 0. The Morgan fingerprint density at radius 3 is 2.61 bits per heavy atom. The molecule has 100 valence electrons. The number of hydrogen-bond acceptors (Lipinski definition) is 3. The van der Waals surface area contributed by atoms with Crippen molar-refractivity contribution in [1.82, 2.24) is 5.32 Å². The highest BCUT2D eigenvalue weighted by Crippen LogP contribution is 2.09. The number of carbonyl (C=O) groups excluding carboxylic acids is 1. The minimum atomic E-state index is -0.434. The van der Waals surface area contributed by atoms with Crippen molar-refractivity contribution in [1.29, 1.82) is 0 Å². The van der Waals surface area contributed by atoms with Crippen LogP contribution in [0.4, 0.5) is 0 Å². The second kappa shape index (κ2) is 6.01. The fourth-order valence-corrected chi connectivity index (χ4v) is 1.57. The van der Waals surface area contributed by atoms with E-state index in [9.17, 15) is 4.79 Å². The summed E-state index contributed by atoms with van der Waals surface area (Å²) < 4.78 is 5.31. The third kappa shape index (κ3) is 5.32. The quantitative estimate of drug-likeness (QED) is 0.834. The molecule has 0 aliphatic rings. The molecule has 18 heavy (non-hydrogen) atoms. The zero-order valence-electron chi connectivity index (χ0n) is 11.9. The summed E-state index contributed by atoms with van der Waals surface area (Å²) in [6.07, 6.45) is 0. The molecule has 0 aliphatic heterocycles. The van der Waals surface area contributed by atoms with Crippen molar-refractivity contribution in [3.8, 4) is 0 Å². The van der Waals surface area contributed by atoms with Crippen LogP contribution in [-0.2, 0) is 16.1 Å². The van der Waals surface area contributed by atoms with Gasteiger partial charge in [-0.2, -0.15) is 0 Å². The molecule has 1 aromatic rings. The van der Waals surface area contributed by atoms with Crippen LogP contribution in [0.25, 0.3) is 0 Å². The Kier molecular flexibility index (Phi) is 4.91. The van der Waals surface area contributed by atoms with E-state index in [1.54, 1.807) is 0 Å². The molecule has 0 bridgehead atoms. The maximum absolute atomic E-state index is 11.8. The second-order valence-electron chi connectivity index (χ2n) is 5.63. The molecule has 0 aromatic heterocycles. The van der Waals surface area contributed by atoms with Gasteiger partial charge in [-0.25, -0.2) is 0 Å². The van der Waals surface area contributed by atoms with Gasteiger partial charge >= 0.3 is 5.97 Å². The van der Waals surface area contributed by atoms with Gasteiger partial charge in [0.05, 0.1) is 0 Å². The normalized spacial score (nSPS) is 13.2. The SMILES string of the molecule is Cc1cccc(CNC(C)C(=O)OC(C)(C)C)c1. The van der Waals surface area contributed by atoms with Gasteiger partial charge in [-0.05, 0) is 40.2 Å². The predicted octanol–water partition coefficient (Wildman–Crippen LogP) is 2.81. The van der Waals surface area contributed by atoms with E-state index in [1.807, 2.05) is 39.8 Å². The molecular formula is C15H23NO2. The number of hydrogen-bond donors (Lipinski definition) is 1. The Bertz CT molecular complexity index is 407.